The van der Waals surface area contributed by atoms with Crippen LogP contribution in [0.3, 0.4) is 0 Å². The Morgan fingerprint density at radius 1 is 1.21 bits per heavy atom. The number of anilines is 2. The van der Waals surface area contributed by atoms with E-state index in [9.17, 15) is 10.2 Å². The van der Waals surface area contributed by atoms with Crippen molar-refractivity contribution >= 4 is 34.5 Å². The van der Waals surface area contributed by atoms with Crippen molar-refractivity contribution < 1.29 is 10.2 Å². The maximum absolute atomic E-state index is 10.2. The van der Waals surface area contributed by atoms with E-state index in [4.69, 9.17) is 11.6 Å². The molecule has 1 unspecified atom stereocenters. The minimum Gasteiger partial charge on any atom is -0.506 e. The Kier molecular flexibility index (Phi) is 5.86. The lowest BCUT2D eigenvalue weighted by Crippen LogP contribution is -2.39. The molecule has 2 aromatic heterocycles. The zero-order valence-corrected chi connectivity index (χ0v) is 18.0. The van der Waals surface area contributed by atoms with Crippen LogP contribution in [0.25, 0.3) is 11.2 Å². The first kappa shape index (κ1) is 21.1. The lowest BCUT2D eigenvalue weighted by Gasteiger charge is -2.26. The lowest BCUT2D eigenvalue weighted by molar-refractivity contribution is 0.0646. The van der Waals surface area contributed by atoms with Gasteiger partial charge in [-0.1, -0.05) is 23.7 Å². The molecule has 0 aliphatic carbocycles. The highest BCUT2D eigenvalue weighted by molar-refractivity contribution is 6.32. The van der Waals surface area contributed by atoms with E-state index < -0.39 is 5.60 Å². The van der Waals surface area contributed by atoms with E-state index in [0.717, 1.165) is 0 Å². The Balaban J connectivity index is 1.99. The van der Waals surface area contributed by atoms with E-state index in [0.29, 0.717) is 40.1 Å². The van der Waals surface area contributed by atoms with Crippen LogP contribution < -0.4 is 10.6 Å². The van der Waals surface area contributed by atoms with Gasteiger partial charge in [0.1, 0.15) is 5.75 Å². The summed E-state index contributed by atoms with van der Waals surface area (Å²) in [6.45, 7) is 9.73. The molecule has 3 aromatic rings. The number of para-hydroxylation sites is 1. The van der Waals surface area contributed by atoms with Crippen molar-refractivity contribution in [1.82, 2.24) is 19.5 Å². The third kappa shape index (κ3) is 4.54. The molecule has 0 aliphatic rings. The number of imidazole rings is 1. The number of rotatable bonds is 7. The Morgan fingerprint density at radius 2 is 1.93 bits per heavy atom. The number of aliphatic hydroxyl groups is 1. The van der Waals surface area contributed by atoms with Crippen molar-refractivity contribution in [2.45, 2.75) is 58.8 Å². The van der Waals surface area contributed by atoms with Crippen LogP contribution in [0.2, 0.25) is 5.02 Å². The number of phenolic OH excluding ortho intramolecular Hbond substituents is 1. The number of halogens is 1. The highest BCUT2D eigenvalue weighted by atomic mass is 35.5. The van der Waals surface area contributed by atoms with Gasteiger partial charge in [-0.2, -0.15) is 9.97 Å². The fourth-order valence-electron chi connectivity index (χ4n) is 2.73. The molecule has 2 heterocycles. The summed E-state index contributed by atoms with van der Waals surface area (Å²) in [5.41, 5.74) is 1.00. The first-order chi connectivity index (χ1) is 13.6. The van der Waals surface area contributed by atoms with Crippen molar-refractivity contribution in [2.75, 3.05) is 10.6 Å². The van der Waals surface area contributed by atoms with E-state index in [1.54, 1.807) is 38.4 Å². The van der Waals surface area contributed by atoms with Gasteiger partial charge in [0, 0.05) is 18.2 Å². The number of nitrogens with zero attached hydrogens (tertiary/aromatic N) is 4. The van der Waals surface area contributed by atoms with Gasteiger partial charge in [-0.3, -0.25) is 0 Å². The molecule has 156 valence electrons. The second-order valence-electron chi connectivity index (χ2n) is 7.93. The van der Waals surface area contributed by atoms with Gasteiger partial charge in [0.15, 0.2) is 17.0 Å². The topological polar surface area (TPSA) is 108 Å². The van der Waals surface area contributed by atoms with Gasteiger partial charge in [-0.25, -0.2) is 4.98 Å². The number of benzene rings is 1. The fraction of sp³-hybridized carbons (Fsp3) is 0.450. The summed E-state index contributed by atoms with van der Waals surface area (Å²) in [7, 11) is 0. The van der Waals surface area contributed by atoms with E-state index in [2.05, 4.69) is 25.6 Å². The molecule has 0 bridgehead atoms. The zero-order chi connectivity index (χ0) is 21.3. The van der Waals surface area contributed by atoms with Gasteiger partial charge in [-0.05, 0) is 40.7 Å². The maximum atomic E-state index is 10.2. The Hall–Kier alpha value is -2.58. The first-order valence-corrected chi connectivity index (χ1v) is 9.89. The smallest absolute Gasteiger partial charge is 0.227 e. The SMILES string of the molecule is CC(C)n1cnc2c(NCc3cccc(Cl)c3O)nc(NC(C)C(C)(C)O)nc21. The summed E-state index contributed by atoms with van der Waals surface area (Å²) < 4.78 is 1.96. The molecule has 1 atom stereocenters. The van der Waals surface area contributed by atoms with E-state index in [1.165, 1.54) is 0 Å². The predicted molar refractivity (Wildman–Crippen MR) is 116 cm³/mol. The minimum atomic E-state index is -0.948. The van der Waals surface area contributed by atoms with E-state index >= 15 is 0 Å². The lowest BCUT2D eigenvalue weighted by atomic mass is 10.0. The van der Waals surface area contributed by atoms with Gasteiger partial charge in [0.25, 0.3) is 0 Å². The van der Waals surface area contributed by atoms with Crippen LogP contribution in [0, 0.1) is 0 Å². The van der Waals surface area contributed by atoms with Crippen LogP contribution in [-0.2, 0) is 6.54 Å². The second kappa shape index (κ2) is 8.04. The molecular formula is C20H27ClN6O2. The number of fused-ring (bicyclic) bond motifs is 1. The average molecular weight is 419 g/mol. The number of nitrogens with one attached hydrogen (secondary N) is 2. The molecule has 0 radical (unpaired) electrons. The standard InChI is InChI=1S/C20H27ClN6O2/c1-11(2)27-10-23-15-17(22-9-13-7-6-8-14(21)16(13)28)25-19(26-18(15)27)24-12(3)20(4,5)29/h6-8,10-12,28-29H,9H2,1-5H3,(H2,22,24,25,26). The van der Waals surface area contributed by atoms with Gasteiger partial charge in [0.2, 0.25) is 5.95 Å². The molecule has 1 aromatic carbocycles. The fourth-order valence-corrected chi connectivity index (χ4v) is 2.93. The summed E-state index contributed by atoms with van der Waals surface area (Å²) in [5, 5.41) is 27.1. The average Bonchev–Trinajstić information content (AvgIpc) is 3.06. The molecule has 0 spiro atoms. The van der Waals surface area contributed by atoms with Crippen LogP contribution in [-0.4, -0.2) is 41.4 Å². The van der Waals surface area contributed by atoms with Crippen LogP contribution in [0.1, 0.15) is 46.2 Å². The summed E-state index contributed by atoms with van der Waals surface area (Å²) >= 11 is 6.00. The number of aromatic hydroxyl groups is 1. The van der Waals surface area contributed by atoms with Gasteiger partial charge >= 0.3 is 0 Å². The molecule has 0 saturated carbocycles. The molecule has 9 heteroatoms. The summed E-state index contributed by atoms with van der Waals surface area (Å²) in [6, 6.07) is 5.09. The van der Waals surface area contributed by atoms with Crippen LogP contribution in [0.15, 0.2) is 24.5 Å². The third-order valence-corrected chi connectivity index (χ3v) is 5.20. The van der Waals surface area contributed by atoms with Crippen LogP contribution >= 0.6 is 11.6 Å². The minimum absolute atomic E-state index is 0.0358. The summed E-state index contributed by atoms with van der Waals surface area (Å²) in [5.74, 6) is 0.945. The van der Waals surface area contributed by atoms with Crippen molar-refractivity contribution in [2.24, 2.45) is 0 Å². The van der Waals surface area contributed by atoms with E-state index in [-0.39, 0.29) is 17.8 Å². The predicted octanol–water partition coefficient (Wildman–Crippen LogP) is 3.95. The van der Waals surface area contributed by atoms with E-state index in [1.807, 2.05) is 25.3 Å². The van der Waals surface area contributed by atoms with Crippen molar-refractivity contribution in [1.29, 1.82) is 0 Å². The highest BCUT2D eigenvalue weighted by Crippen LogP contribution is 2.29. The number of hydrogen-bond acceptors (Lipinski definition) is 7. The maximum Gasteiger partial charge on any atom is 0.227 e. The molecule has 8 nitrogen and oxygen atoms in total. The molecule has 0 saturated heterocycles. The first-order valence-electron chi connectivity index (χ1n) is 9.51. The highest BCUT2D eigenvalue weighted by Gasteiger charge is 2.24. The normalized spacial score (nSPS) is 13.1. The Bertz CT molecular complexity index is 1010. The van der Waals surface area contributed by atoms with Crippen LogP contribution in [0.5, 0.6) is 5.75 Å². The molecule has 3 rings (SSSR count). The van der Waals surface area contributed by atoms with Gasteiger partial charge in [0.05, 0.1) is 23.0 Å². The monoisotopic (exact) mass is 418 g/mol. The zero-order valence-electron chi connectivity index (χ0n) is 17.2. The van der Waals surface area contributed by atoms with Crippen molar-refractivity contribution in [3.63, 3.8) is 0 Å². The molecule has 0 amide bonds. The van der Waals surface area contributed by atoms with Gasteiger partial charge < -0.3 is 25.4 Å². The van der Waals surface area contributed by atoms with Crippen molar-refractivity contribution in [3.8, 4) is 5.75 Å². The molecule has 29 heavy (non-hydrogen) atoms. The van der Waals surface area contributed by atoms with Crippen molar-refractivity contribution in [3.05, 3.63) is 35.1 Å². The molecule has 0 fully saturated rings. The van der Waals surface area contributed by atoms with Gasteiger partial charge in [-0.15, -0.1) is 0 Å². The Morgan fingerprint density at radius 3 is 2.59 bits per heavy atom. The molecular weight excluding hydrogens is 392 g/mol. The number of hydrogen-bond donors (Lipinski definition) is 4. The molecule has 0 aliphatic heterocycles. The third-order valence-electron chi connectivity index (χ3n) is 4.90. The largest absolute Gasteiger partial charge is 0.506 e. The quantitative estimate of drug-likeness (QED) is 0.460. The Labute approximate surface area is 175 Å². The summed E-state index contributed by atoms with van der Waals surface area (Å²) in [6.07, 6.45) is 1.73. The summed E-state index contributed by atoms with van der Waals surface area (Å²) in [4.78, 5) is 13.6. The van der Waals surface area contributed by atoms with Crippen LogP contribution in [0.4, 0.5) is 11.8 Å². The number of phenols is 1. The second-order valence-corrected chi connectivity index (χ2v) is 8.34. The number of aromatic nitrogens is 4. The molecule has 4 N–H and O–H groups in total.